The van der Waals surface area contributed by atoms with E-state index in [1.54, 1.807) is 0 Å². The summed E-state index contributed by atoms with van der Waals surface area (Å²) in [5.74, 6) is -0.417. The van der Waals surface area contributed by atoms with Crippen LogP contribution in [0.3, 0.4) is 0 Å². The van der Waals surface area contributed by atoms with Crippen LogP contribution in [0.2, 0.25) is 0 Å². The second kappa shape index (κ2) is 5.85. The molecule has 7 heteroatoms. The summed E-state index contributed by atoms with van der Waals surface area (Å²) in [6.45, 7) is 5.06. The van der Waals surface area contributed by atoms with Gasteiger partial charge in [-0.25, -0.2) is 9.78 Å². The van der Waals surface area contributed by atoms with Crippen molar-refractivity contribution in [3.05, 3.63) is 10.6 Å². The quantitative estimate of drug-likeness (QED) is 0.830. The third kappa shape index (κ3) is 3.05. The molecule has 106 valence electrons. The molecule has 2 rings (SSSR count). The number of rotatable bonds is 3. The largest absolute Gasteiger partial charge is 0.464 e. The number of methoxy groups -OCH3 is 1. The molecule has 0 aromatic carbocycles. The Hall–Kier alpha value is -1.18. The predicted octanol–water partition coefficient (Wildman–Crippen LogP) is 0.824. The SMILES string of the molecule is COC(=O)c1nc(N2CC(C)OC(CO)C2)sc1C. The number of hydrogen-bond donors (Lipinski definition) is 1. The monoisotopic (exact) mass is 286 g/mol. The van der Waals surface area contributed by atoms with Crippen LogP contribution in [0.15, 0.2) is 0 Å². The number of aromatic nitrogens is 1. The second-order valence-electron chi connectivity index (χ2n) is 4.55. The van der Waals surface area contributed by atoms with Crippen LogP contribution in [-0.2, 0) is 9.47 Å². The van der Waals surface area contributed by atoms with Gasteiger partial charge >= 0.3 is 5.97 Å². The Morgan fingerprint density at radius 3 is 3.00 bits per heavy atom. The molecular weight excluding hydrogens is 268 g/mol. The van der Waals surface area contributed by atoms with E-state index < -0.39 is 5.97 Å². The number of aliphatic hydroxyl groups excluding tert-OH is 1. The van der Waals surface area contributed by atoms with Crippen molar-refractivity contribution in [2.45, 2.75) is 26.1 Å². The Kier molecular flexibility index (Phi) is 4.38. The molecule has 19 heavy (non-hydrogen) atoms. The highest BCUT2D eigenvalue weighted by Crippen LogP contribution is 2.28. The average Bonchev–Trinajstić information content (AvgIpc) is 2.79. The molecule has 0 saturated carbocycles. The highest BCUT2D eigenvalue weighted by Gasteiger charge is 2.28. The molecule has 2 atom stereocenters. The molecule has 0 radical (unpaired) electrons. The maximum absolute atomic E-state index is 11.6. The van der Waals surface area contributed by atoms with E-state index >= 15 is 0 Å². The molecule has 2 heterocycles. The lowest BCUT2D eigenvalue weighted by molar-refractivity contribution is -0.0421. The van der Waals surface area contributed by atoms with Crippen molar-refractivity contribution in [3.63, 3.8) is 0 Å². The molecule has 6 nitrogen and oxygen atoms in total. The Morgan fingerprint density at radius 2 is 2.37 bits per heavy atom. The van der Waals surface area contributed by atoms with Gasteiger partial charge in [0.15, 0.2) is 10.8 Å². The molecule has 1 aliphatic rings. The summed E-state index contributed by atoms with van der Waals surface area (Å²) >= 11 is 1.46. The fourth-order valence-electron chi connectivity index (χ4n) is 2.11. The van der Waals surface area contributed by atoms with Crippen LogP contribution in [0.25, 0.3) is 0 Å². The third-order valence-corrected chi connectivity index (χ3v) is 4.00. The highest BCUT2D eigenvalue weighted by atomic mass is 32.1. The minimum absolute atomic E-state index is 0.0188. The van der Waals surface area contributed by atoms with Crippen molar-refractivity contribution in [2.24, 2.45) is 0 Å². The maximum atomic E-state index is 11.6. The zero-order valence-electron chi connectivity index (χ0n) is 11.3. The standard InChI is InChI=1S/C12H18N2O4S/c1-7-4-14(5-9(6-15)18-7)12-13-10(8(2)19-12)11(16)17-3/h7,9,15H,4-6H2,1-3H3. The minimum Gasteiger partial charge on any atom is -0.464 e. The number of thiazole rings is 1. The van der Waals surface area contributed by atoms with Crippen molar-refractivity contribution in [1.82, 2.24) is 4.98 Å². The zero-order chi connectivity index (χ0) is 14.0. The lowest BCUT2D eigenvalue weighted by Crippen LogP contribution is -2.48. The first-order valence-corrected chi connectivity index (χ1v) is 6.93. The van der Waals surface area contributed by atoms with Crippen molar-refractivity contribution < 1.29 is 19.4 Å². The number of esters is 1. The normalized spacial score (nSPS) is 23.5. The number of anilines is 1. The number of aliphatic hydroxyl groups is 1. The molecule has 2 unspecified atom stereocenters. The Balaban J connectivity index is 2.19. The van der Waals surface area contributed by atoms with E-state index in [1.807, 2.05) is 18.7 Å². The second-order valence-corrected chi connectivity index (χ2v) is 5.73. The minimum atomic E-state index is -0.417. The summed E-state index contributed by atoms with van der Waals surface area (Å²) in [6, 6.07) is 0. The van der Waals surface area contributed by atoms with Gasteiger partial charge < -0.3 is 19.5 Å². The van der Waals surface area contributed by atoms with Crippen LogP contribution < -0.4 is 4.90 Å². The van der Waals surface area contributed by atoms with Crippen LogP contribution in [-0.4, -0.2) is 55.1 Å². The van der Waals surface area contributed by atoms with E-state index in [2.05, 4.69) is 4.98 Å². The first-order chi connectivity index (χ1) is 9.05. The number of nitrogens with zero attached hydrogens (tertiary/aromatic N) is 2. The summed E-state index contributed by atoms with van der Waals surface area (Å²) < 4.78 is 10.3. The fraction of sp³-hybridized carbons (Fsp3) is 0.667. The van der Waals surface area contributed by atoms with E-state index in [9.17, 15) is 9.90 Å². The van der Waals surface area contributed by atoms with E-state index in [0.29, 0.717) is 18.8 Å². The zero-order valence-corrected chi connectivity index (χ0v) is 12.1. The van der Waals surface area contributed by atoms with Crippen LogP contribution in [0, 0.1) is 6.92 Å². The third-order valence-electron chi connectivity index (χ3n) is 2.96. The molecule has 0 spiro atoms. The van der Waals surface area contributed by atoms with Crippen molar-refractivity contribution in [2.75, 3.05) is 31.7 Å². The van der Waals surface area contributed by atoms with Gasteiger partial charge in [-0.2, -0.15) is 0 Å². The van der Waals surface area contributed by atoms with Gasteiger partial charge in [0.25, 0.3) is 0 Å². The van der Waals surface area contributed by atoms with E-state index in [4.69, 9.17) is 9.47 Å². The Morgan fingerprint density at radius 1 is 1.63 bits per heavy atom. The molecular formula is C12H18N2O4S. The van der Waals surface area contributed by atoms with Gasteiger partial charge in [0.1, 0.15) is 0 Å². The number of morpholine rings is 1. The summed E-state index contributed by atoms with van der Waals surface area (Å²) in [7, 11) is 1.35. The van der Waals surface area contributed by atoms with E-state index in [0.717, 1.165) is 10.0 Å². The molecule has 0 aliphatic carbocycles. The van der Waals surface area contributed by atoms with E-state index in [1.165, 1.54) is 18.4 Å². The summed E-state index contributed by atoms with van der Waals surface area (Å²) in [4.78, 5) is 18.8. The summed E-state index contributed by atoms with van der Waals surface area (Å²) in [5.41, 5.74) is 0.363. The lowest BCUT2D eigenvalue weighted by Gasteiger charge is -2.35. The number of carbonyl (C=O) groups excluding carboxylic acids is 1. The highest BCUT2D eigenvalue weighted by molar-refractivity contribution is 7.15. The number of hydrogen-bond acceptors (Lipinski definition) is 7. The number of carbonyl (C=O) groups is 1. The van der Waals surface area contributed by atoms with Gasteiger partial charge in [-0.15, -0.1) is 11.3 Å². The first kappa shape index (κ1) is 14.2. The van der Waals surface area contributed by atoms with Gasteiger partial charge in [0.05, 0.1) is 25.9 Å². The first-order valence-electron chi connectivity index (χ1n) is 6.12. The molecule has 1 fully saturated rings. The molecule has 0 amide bonds. The number of ether oxygens (including phenoxy) is 2. The molecule has 1 saturated heterocycles. The van der Waals surface area contributed by atoms with Crippen LogP contribution >= 0.6 is 11.3 Å². The van der Waals surface area contributed by atoms with Crippen LogP contribution in [0.1, 0.15) is 22.3 Å². The molecule has 0 bridgehead atoms. The molecule has 1 aliphatic heterocycles. The van der Waals surface area contributed by atoms with Gasteiger partial charge in [-0.05, 0) is 13.8 Å². The molecule has 1 aromatic heterocycles. The van der Waals surface area contributed by atoms with E-state index in [-0.39, 0.29) is 18.8 Å². The maximum Gasteiger partial charge on any atom is 0.357 e. The topological polar surface area (TPSA) is 71.9 Å². The smallest absolute Gasteiger partial charge is 0.357 e. The van der Waals surface area contributed by atoms with Crippen molar-refractivity contribution in [1.29, 1.82) is 0 Å². The summed E-state index contributed by atoms with van der Waals surface area (Å²) in [6.07, 6.45) is -0.189. The number of aryl methyl sites for hydroxylation is 1. The summed E-state index contributed by atoms with van der Waals surface area (Å²) in [5, 5.41) is 9.99. The van der Waals surface area contributed by atoms with Crippen LogP contribution in [0.5, 0.6) is 0 Å². The Bertz CT molecular complexity index is 463. The lowest BCUT2D eigenvalue weighted by atomic mass is 10.2. The van der Waals surface area contributed by atoms with Crippen LogP contribution in [0.4, 0.5) is 5.13 Å². The predicted molar refractivity (Wildman–Crippen MR) is 71.8 cm³/mol. The Labute approximate surface area is 116 Å². The van der Waals surface area contributed by atoms with Crippen molar-refractivity contribution in [3.8, 4) is 0 Å². The molecule has 1 N–H and O–H groups in total. The van der Waals surface area contributed by atoms with Gasteiger partial charge in [0.2, 0.25) is 0 Å². The van der Waals surface area contributed by atoms with Crippen molar-refractivity contribution >= 4 is 22.4 Å². The van der Waals surface area contributed by atoms with Gasteiger partial charge in [-0.1, -0.05) is 0 Å². The fourth-order valence-corrected chi connectivity index (χ4v) is 3.02. The average molecular weight is 286 g/mol. The van der Waals surface area contributed by atoms with Gasteiger partial charge in [0, 0.05) is 18.0 Å². The van der Waals surface area contributed by atoms with Gasteiger partial charge in [-0.3, -0.25) is 0 Å². The molecule has 1 aromatic rings.